The number of anilines is 1. The molecular weight excluding hydrogens is 359 g/mol. The van der Waals surface area contributed by atoms with E-state index in [9.17, 15) is 19.6 Å². The molecule has 1 aromatic rings. The van der Waals surface area contributed by atoms with Gasteiger partial charge in [-0.15, -0.1) is 0 Å². The summed E-state index contributed by atoms with van der Waals surface area (Å²) in [6.07, 6.45) is -3.76. The van der Waals surface area contributed by atoms with Gasteiger partial charge < -0.3 is 34.5 Å². The summed E-state index contributed by atoms with van der Waals surface area (Å²) in [5.41, 5.74) is 0.177. The monoisotopic (exact) mass is 378 g/mol. The van der Waals surface area contributed by atoms with Crippen LogP contribution in [-0.2, 0) is 13.8 Å². The van der Waals surface area contributed by atoms with Crippen molar-refractivity contribution in [1.82, 2.24) is 14.5 Å². The van der Waals surface area contributed by atoms with Gasteiger partial charge in [-0.3, -0.25) is 13.9 Å². The fraction of sp³-hybridized carbons (Fsp3) is 0.667. The summed E-state index contributed by atoms with van der Waals surface area (Å²) < 4.78 is 22.0. The van der Waals surface area contributed by atoms with E-state index in [2.05, 4.69) is 9.51 Å². The van der Waals surface area contributed by atoms with E-state index >= 15 is 0 Å². The molecule has 1 fully saturated rings. The van der Waals surface area contributed by atoms with Crippen LogP contribution in [0.5, 0.6) is 0 Å². The Morgan fingerprint density at radius 3 is 2.64 bits per heavy atom. The number of hydrogen-bond donors (Lipinski definition) is 4. The van der Waals surface area contributed by atoms with Gasteiger partial charge in [-0.2, -0.15) is 0 Å². The van der Waals surface area contributed by atoms with Crippen molar-refractivity contribution in [3.63, 3.8) is 0 Å². The number of aliphatic hydroxyl groups excluding tert-OH is 2. The number of phosphoric acid groups is 1. The maximum atomic E-state index is 12.2. The van der Waals surface area contributed by atoms with Crippen molar-refractivity contribution in [1.29, 1.82) is 0 Å². The third-order valence-corrected chi connectivity index (χ3v) is 4.61. The van der Waals surface area contributed by atoms with E-state index in [1.807, 2.05) is 0 Å². The van der Waals surface area contributed by atoms with Crippen LogP contribution in [0.15, 0.2) is 6.33 Å². The second-order valence-corrected chi connectivity index (χ2v) is 7.24. The SMILES string of the molecule is CN1CN(C)c2c(ncn2[C@@H]2O[C@H](COP(=O)(O)O)[C@@H](O)[C@H]2O)C1=O. The fourth-order valence-electron chi connectivity index (χ4n) is 2.97. The summed E-state index contributed by atoms with van der Waals surface area (Å²) in [5, 5.41) is 20.3. The van der Waals surface area contributed by atoms with Gasteiger partial charge in [0.15, 0.2) is 11.9 Å². The van der Waals surface area contributed by atoms with E-state index < -0.39 is 39.0 Å². The van der Waals surface area contributed by atoms with Gasteiger partial charge in [-0.25, -0.2) is 9.55 Å². The largest absolute Gasteiger partial charge is 0.469 e. The molecule has 1 saturated heterocycles. The lowest BCUT2D eigenvalue weighted by Gasteiger charge is -2.33. The van der Waals surface area contributed by atoms with E-state index in [0.29, 0.717) is 12.5 Å². The predicted octanol–water partition coefficient (Wildman–Crippen LogP) is -1.91. The summed E-state index contributed by atoms with van der Waals surface area (Å²) in [7, 11) is -1.38. The first-order valence-corrected chi connectivity index (χ1v) is 8.88. The number of hydrogen-bond acceptors (Lipinski definition) is 8. The van der Waals surface area contributed by atoms with Crippen molar-refractivity contribution in [3.8, 4) is 0 Å². The van der Waals surface area contributed by atoms with Crippen molar-refractivity contribution in [3.05, 3.63) is 12.0 Å². The summed E-state index contributed by atoms with van der Waals surface area (Å²) in [5.74, 6) is 0.122. The lowest BCUT2D eigenvalue weighted by molar-refractivity contribution is -0.0515. The summed E-state index contributed by atoms with van der Waals surface area (Å²) >= 11 is 0. The standard InChI is InChI=1S/C12H19N4O8P/c1-14-5-15(2)11(19)7-10(14)16(4-13-7)12-9(18)8(17)6(24-12)3-23-25(20,21)22/h4,6,8-9,12,17-18H,3,5H2,1-2H3,(H2,20,21,22)/t6-,8-,9-,12-/m1/s1. The molecule has 1 aromatic heterocycles. The topological polar surface area (TPSA) is 158 Å². The number of rotatable bonds is 4. The van der Waals surface area contributed by atoms with Gasteiger partial charge in [0.25, 0.3) is 5.91 Å². The average molecular weight is 378 g/mol. The van der Waals surface area contributed by atoms with Crippen molar-refractivity contribution >= 4 is 19.5 Å². The number of carbonyl (C=O) groups excluding carboxylic acids is 1. The highest BCUT2D eigenvalue weighted by molar-refractivity contribution is 7.46. The minimum atomic E-state index is -4.74. The van der Waals surface area contributed by atoms with Crippen LogP contribution in [0.4, 0.5) is 5.82 Å². The Morgan fingerprint density at radius 2 is 2.00 bits per heavy atom. The third kappa shape index (κ3) is 3.29. The molecule has 4 N–H and O–H groups in total. The molecule has 3 rings (SSSR count). The quantitative estimate of drug-likeness (QED) is 0.436. The number of aromatic nitrogens is 2. The van der Waals surface area contributed by atoms with Crippen LogP contribution in [0.25, 0.3) is 0 Å². The second kappa shape index (κ2) is 6.32. The molecule has 140 valence electrons. The zero-order valence-corrected chi connectivity index (χ0v) is 14.4. The minimum Gasteiger partial charge on any atom is -0.387 e. The molecule has 0 unspecified atom stereocenters. The Bertz CT molecular complexity index is 720. The number of fused-ring (bicyclic) bond motifs is 1. The van der Waals surface area contributed by atoms with Crippen molar-refractivity contribution in [2.45, 2.75) is 24.5 Å². The number of carbonyl (C=O) groups is 1. The van der Waals surface area contributed by atoms with Gasteiger partial charge in [0.1, 0.15) is 24.1 Å². The van der Waals surface area contributed by atoms with Gasteiger partial charge in [-0.1, -0.05) is 0 Å². The molecule has 2 aliphatic heterocycles. The Balaban J connectivity index is 1.85. The molecule has 0 aromatic carbocycles. The number of imidazole rings is 1. The fourth-order valence-corrected chi connectivity index (χ4v) is 3.31. The highest BCUT2D eigenvalue weighted by atomic mass is 31.2. The lowest BCUT2D eigenvalue weighted by Crippen LogP contribution is -2.44. The molecule has 0 bridgehead atoms. The number of phosphoric ester groups is 1. The van der Waals surface area contributed by atoms with Crippen molar-refractivity contribution < 1.29 is 38.6 Å². The number of amides is 1. The molecule has 0 radical (unpaired) electrons. The molecule has 12 nitrogen and oxygen atoms in total. The van der Waals surface area contributed by atoms with Gasteiger partial charge in [0, 0.05) is 14.1 Å². The highest BCUT2D eigenvalue weighted by Gasteiger charge is 2.46. The average Bonchev–Trinajstić information content (AvgIpc) is 3.06. The molecule has 2 aliphatic rings. The van der Waals surface area contributed by atoms with Crippen LogP contribution in [-0.4, -0.2) is 86.0 Å². The molecule has 25 heavy (non-hydrogen) atoms. The maximum Gasteiger partial charge on any atom is 0.469 e. The molecule has 0 aliphatic carbocycles. The molecule has 0 saturated carbocycles. The summed E-state index contributed by atoms with van der Waals surface area (Å²) in [6.45, 7) is -0.305. The van der Waals surface area contributed by atoms with E-state index in [1.165, 1.54) is 15.8 Å². The number of nitrogens with zero attached hydrogens (tertiary/aromatic N) is 4. The first-order chi connectivity index (χ1) is 11.6. The van der Waals surface area contributed by atoms with Crippen LogP contribution in [0.2, 0.25) is 0 Å². The van der Waals surface area contributed by atoms with Crippen LogP contribution < -0.4 is 4.90 Å². The van der Waals surface area contributed by atoms with Gasteiger partial charge in [-0.05, 0) is 0 Å². The first kappa shape index (κ1) is 18.3. The third-order valence-electron chi connectivity index (χ3n) is 4.12. The Morgan fingerprint density at radius 1 is 1.32 bits per heavy atom. The summed E-state index contributed by atoms with van der Waals surface area (Å²) in [4.78, 5) is 36.9. The molecule has 13 heteroatoms. The van der Waals surface area contributed by atoms with Crippen molar-refractivity contribution in [2.24, 2.45) is 0 Å². The van der Waals surface area contributed by atoms with Crippen LogP contribution in [0.1, 0.15) is 16.7 Å². The second-order valence-electron chi connectivity index (χ2n) is 6.00. The molecule has 3 heterocycles. The van der Waals surface area contributed by atoms with Crippen LogP contribution in [0, 0.1) is 0 Å². The lowest BCUT2D eigenvalue weighted by atomic mass is 10.1. The minimum absolute atomic E-state index is 0.177. The molecule has 4 atom stereocenters. The van der Waals surface area contributed by atoms with Crippen LogP contribution >= 0.6 is 7.82 Å². The molecule has 1 amide bonds. The van der Waals surface area contributed by atoms with Gasteiger partial charge in [0.2, 0.25) is 0 Å². The molecular formula is C12H19N4O8P. The smallest absolute Gasteiger partial charge is 0.387 e. The normalized spacial score (nSPS) is 30.1. The number of ether oxygens (including phenoxy) is 1. The van der Waals surface area contributed by atoms with E-state index in [1.54, 1.807) is 19.0 Å². The molecule has 0 spiro atoms. The van der Waals surface area contributed by atoms with Gasteiger partial charge in [0.05, 0.1) is 19.6 Å². The predicted molar refractivity (Wildman–Crippen MR) is 81.5 cm³/mol. The van der Waals surface area contributed by atoms with E-state index in [0.717, 1.165) is 0 Å². The Labute approximate surface area is 142 Å². The zero-order valence-electron chi connectivity index (χ0n) is 13.5. The Kier molecular flexibility index (Phi) is 4.62. The number of aliphatic hydroxyl groups is 2. The van der Waals surface area contributed by atoms with Crippen molar-refractivity contribution in [2.75, 3.05) is 32.3 Å². The van der Waals surface area contributed by atoms with Gasteiger partial charge >= 0.3 is 7.82 Å². The van der Waals surface area contributed by atoms with E-state index in [-0.39, 0.29) is 11.6 Å². The highest BCUT2D eigenvalue weighted by Crippen LogP contribution is 2.39. The first-order valence-electron chi connectivity index (χ1n) is 7.35. The van der Waals surface area contributed by atoms with E-state index in [4.69, 9.17) is 14.5 Å². The summed E-state index contributed by atoms with van der Waals surface area (Å²) in [6, 6.07) is 0. The zero-order chi connectivity index (χ0) is 18.5. The van der Waals surface area contributed by atoms with Crippen LogP contribution in [0.3, 0.4) is 0 Å². The maximum absolute atomic E-state index is 12.2. The Hall–Kier alpha value is -1.53.